The summed E-state index contributed by atoms with van der Waals surface area (Å²) in [4.78, 5) is 128. The van der Waals surface area contributed by atoms with Crippen LogP contribution in [-0.2, 0) is 49.6 Å². The van der Waals surface area contributed by atoms with Crippen molar-refractivity contribution in [3.05, 3.63) is 18.2 Å². The SMILES string of the molecule is CC(C)C[C@H](NC(=O)[C@H](CS)NC(=O)[C@H](CO)NC(=O)[C@H](Cc1cnc[nH]1)NC(=O)[C@@H]1CCCN1C(=O)[C@H](CC(C)C)NC(=O)[C@H](C)NC(=O)[C@H](CC(C)C)NC(=O)[C@@H](N)CC(C)C)C(=O)O. The summed E-state index contributed by atoms with van der Waals surface area (Å²) in [6.45, 7) is 15.6. The van der Waals surface area contributed by atoms with Gasteiger partial charge in [-0.3, -0.25) is 38.4 Å². The Morgan fingerprint density at radius 2 is 1.16 bits per heavy atom. The average Bonchev–Trinajstić information content (AvgIpc) is 3.95. The van der Waals surface area contributed by atoms with Gasteiger partial charge in [0.15, 0.2) is 0 Å². The lowest BCUT2D eigenvalue weighted by molar-refractivity contribution is -0.143. The van der Waals surface area contributed by atoms with Gasteiger partial charge in [-0.1, -0.05) is 55.4 Å². The second kappa shape index (κ2) is 28.1. The molecule has 1 fully saturated rings. The van der Waals surface area contributed by atoms with E-state index in [2.05, 4.69) is 59.8 Å². The van der Waals surface area contributed by atoms with Gasteiger partial charge in [0.2, 0.25) is 47.3 Å². The van der Waals surface area contributed by atoms with Crippen LogP contribution in [0, 0.1) is 23.7 Å². The van der Waals surface area contributed by atoms with Crippen molar-refractivity contribution in [1.29, 1.82) is 0 Å². The molecule has 8 amide bonds. The number of thiol groups is 1. The second-order valence-electron chi connectivity index (χ2n) is 18.9. The number of aromatic amines is 1. The molecule has 2 rings (SSSR count). The number of carbonyl (C=O) groups is 9. The van der Waals surface area contributed by atoms with Crippen molar-refractivity contribution < 1.29 is 53.4 Å². The van der Waals surface area contributed by atoms with Gasteiger partial charge in [0.25, 0.3) is 0 Å². The molecule has 378 valence electrons. The lowest BCUT2D eigenvalue weighted by Crippen LogP contribution is -2.61. The molecule has 0 saturated carbocycles. The zero-order valence-corrected chi connectivity index (χ0v) is 41.1. The largest absolute Gasteiger partial charge is 0.480 e. The first-order valence-corrected chi connectivity index (χ1v) is 23.6. The zero-order chi connectivity index (χ0) is 50.7. The smallest absolute Gasteiger partial charge is 0.326 e. The van der Waals surface area contributed by atoms with E-state index in [1.54, 1.807) is 13.8 Å². The summed E-state index contributed by atoms with van der Waals surface area (Å²) in [5.74, 6) is -7.29. The number of aromatic nitrogens is 2. The summed E-state index contributed by atoms with van der Waals surface area (Å²) in [6, 6.07) is -10.7. The number of carbonyl (C=O) groups excluding carboxylic acids is 8. The van der Waals surface area contributed by atoms with Crippen molar-refractivity contribution in [2.45, 2.75) is 162 Å². The highest BCUT2D eigenvalue weighted by atomic mass is 32.1. The summed E-state index contributed by atoms with van der Waals surface area (Å²) in [7, 11) is 0. The van der Waals surface area contributed by atoms with E-state index in [4.69, 9.17) is 5.73 Å². The van der Waals surface area contributed by atoms with Gasteiger partial charge in [0.05, 0.1) is 19.0 Å². The summed E-state index contributed by atoms with van der Waals surface area (Å²) < 4.78 is 0. The van der Waals surface area contributed by atoms with E-state index < -0.39 is 114 Å². The lowest BCUT2D eigenvalue weighted by Gasteiger charge is -2.31. The third-order valence-electron chi connectivity index (χ3n) is 10.9. The van der Waals surface area contributed by atoms with Crippen molar-refractivity contribution in [3.63, 3.8) is 0 Å². The number of H-pyrrole nitrogens is 1. The number of likely N-dealkylation sites (tertiary alicyclic amines) is 1. The first-order valence-electron chi connectivity index (χ1n) is 23.0. The number of aliphatic hydroxyl groups excluding tert-OH is 1. The Labute approximate surface area is 398 Å². The number of nitrogens with one attached hydrogen (secondary N) is 8. The minimum absolute atomic E-state index is 0.00803. The molecule has 1 aromatic heterocycles. The van der Waals surface area contributed by atoms with Crippen LogP contribution >= 0.6 is 12.6 Å². The topological polar surface area (TPSA) is 336 Å². The monoisotopic (exact) mass is 966 g/mol. The standard InChI is InChI=1S/C44H75N11O11S/c1-22(2)13-28(45)37(58)49-29(14-23(3)4)38(59)48-26(9)36(57)51-31(15-24(5)6)43(64)55-12-10-11-35(55)42(63)50-30(17-27-18-46-21-47-27)39(60)53-33(19-56)40(61)54-34(20-67)41(62)52-32(44(65)66)16-25(7)8/h18,21-26,28-35,56,67H,10-17,19-20,45H2,1-9H3,(H,46,47)(H,48,59)(H,49,58)(H,50,63)(H,51,57)(H,52,62)(H,53,60)(H,54,61)(H,65,66)/t26-,28-,29-,30-,31-,32-,33-,34-,35-/m0/s1. The fourth-order valence-electron chi connectivity index (χ4n) is 7.46. The maximum Gasteiger partial charge on any atom is 0.326 e. The molecule has 0 bridgehead atoms. The van der Waals surface area contributed by atoms with Crippen LogP contribution in [0.1, 0.15) is 107 Å². The summed E-state index contributed by atoms with van der Waals surface area (Å²) >= 11 is 4.12. The quantitative estimate of drug-likeness (QED) is 0.0444. The van der Waals surface area contributed by atoms with Gasteiger partial charge in [0.1, 0.15) is 48.3 Å². The molecule has 0 unspecified atom stereocenters. The highest BCUT2D eigenvalue weighted by Crippen LogP contribution is 2.21. The minimum Gasteiger partial charge on any atom is -0.480 e. The molecular weight excluding hydrogens is 891 g/mol. The summed E-state index contributed by atoms with van der Waals surface area (Å²) in [5.41, 5.74) is 6.48. The Bertz CT molecular complexity index is 1830. The average molecular weight is 966 g/mol. The number of imidazole rings is 1. The fraction of sp³-hybridized carbons (Fsp3) is 0.727. The van der Waals surface area contributed by atoms with Crippen LogP contribution in [0.3, 0.4) is 0 Å². The van der Waals surface area contributed by atoms with Crippen molar-refractivity contribution in [2.24, 2.45) is 29.4 Å². The molecule has 0 aliphatic carbocycles. The number of carboxylic acid groups (broad SMARTS) is 1. The number of rotatable bonds is 28. The van der Waals surface area contributed by atoms with Crippen LogP contribution in [0.5, 0.6) is 0 Å². The van der Waals surface area contributed by atoms with Gasteiger partial charge in [-0.05, 0) is 69.1 Å². The number of hydrogen-bond acceptors (Lipinski definition) is 13. The Hall–Kier alpha value is -5.29. The maximum absolute atomic E-state index is 14.3. The van der Waals surface area contributed by atoms with Gasteiger partial charge in [-0.2, -0.15) is 12.6 Å². The predicted molar refractivity (Wildman–Crippen MR) is 251 cm³/mol. The molecule has 67 heavy (non-hydrogen) atoms. The molecule has 2 heterocycles. The van der Waals surface area contributed by atoms with Gasteiger partial charge >= 0.3 is 5.97 Å². The van der Waals surface area contributed by atoms with Crippen LogP contribution in [0.25, 0.3) is 0 Å². The maximum atomic E-state index is 14.3. The molecule has 22 nitrogen and oxygen atoms in total. The minimum atomic E-state index is -1.63. The van der Waals surface area contributed by atoms with Crippen LogP contribution in [0.2, 0.25) is 0 Å². The van der Waals surface area contributed by atoms with Gasteiger partial charge in [0, 0.05) is 30.6 Å². The van der Waals surface area contributed by atoms with E-state index in [9.17, 15) is 53.4 Å². The van der Waals surface area contributed by atoms with Gasteiger partial charge < -0.3 is 63.0 Å². The van der Waals surface area contributed by atoms with Crippen LogP contribution in [0.15, 0.2) is 12.5 Å². The third kappa shape index (κ3) is 19.5. The molecule has 1 saturated heterocycles. The van der Waals surface area contributed by atoms with Crippen LogP contribution < -0.4 is 43.0 Å². The van der Waals surface area contributed by atoms with E-state index in [1.807, 2.05) is 41.5 Å². The van der Waals surface area contributed by atoms with E-state index in [0.29, 0.717) is 18.5 Å². The van der Waals surface area contributed by atoms with E-state index in [1.165, 1.54) is 24.3 Å². The van der Waals surface area contributed by atoms with Crippen molar-refractivity contribution >= 4 is 65.9 Å². The first kappa shape index (κ1) is 57.8. The van der Waals surface area contributed by atoms with Gasteiger partial charge in [-0.25, -0.2) is 9.78 Å². The summed E-state index contributed by atoms with van der Waals surface area (Å²) in [6.07, 6.45) is 4.23. The molecule has 1 aromatic rings. The zero-order valence-electron chi connectivity index (χ0n) is 40.2. The van der Waals surface area contributed by atoms with Crippen LogP contribution in [0.4, 0.5) is 0 Å². The van der Waals surface area contributed by atoms with Crippen LogP contribution in [-0.4, -0.2) is 152 Å². The van der Waals surface area contributed by atoms with Crippen molar-refractivity contribution in [3.8, 4) is 0 Å². The Morgan fingerprint density at radius 3 is 1.70 bits per heavy atom. The molecule has 23 heteroatoms. The number of hydrogen-bond donors (Lipinski definition) is 12. The fourth-order valence-corrected chi connectivity index (χ4v) is 7.72. The Kier molecular flexibility index (Phi) is 24.3. The number of amides is 8. The lowest BCUT2D eigenvalue weighted by atomic mass is 10.00. The third-order valence-corrected chi connectivity index (χ3v) is 11.2. The molecular formula is C44H75N11O11S. The number of nitrogens with zero attached hydrogens (tertiary/aromatic N) is 2. The molecule has 12 N–H and O–H groups in total. The predicted octanol–water partition coefficient (Wildman–Crippen LogP) is -1.12. The number of nitrogens with two attached hydrogens (primary N) is 1. The number of carboxylic acids is 1. The Morgan fingerprint density at radius 1 is 0.672 bits per heavy atom. The second-order valence-corrected chi connectivity index (χ2v) is 19.3. The van der Waals surface area contributed by atoms with E-state index in [0.717, 1.165) is 0 Å². The molecule has 0 radical (unpaired) electrons. The highest BCUT2D eigenvalue weighted by Gasteiger charge is 2.40. The Balaban J connectivity index is 2.24. The molecule has 9 atom stereocenters. The number of aliphatic hydroxyl groups is 1. The van der Waals surface area contributed by atoms with Crippen molar-refractivity contribution in [1.82, 2.24) is 52.1 Å². The molecule has 1 aliphatic heterocycles. The molecule has 1 aliphatic rings. The van der Waals surface area contributed by atoms with E-state index in [-0.39, 0.29) is 68.1 Å². The molecule has 0 aromatic carbocycles. The van der Waals surface area contributed by atoms with Gasteiger partial charge in [-0.15, -0.1) is 0 Å². The first-order chi connectivity index (χ1) is 31.4. The summed E-state index contributed by atoms with van der Waals surface area (Å²) in [5, 5.41) is 37.7. The number of aliphatic carboxylic acids is 1. The van der Waals surface area contributed by atoms with Crippen molar-refractivity contribution in [2.75, 3.05) is 18.9 Å². The normalized spacial score (nSPS) is 17.4. The highest BCUT2D eigenvalue weighted by molar-refractivity contribution is 7.80. The molecule has 0 spiro atoms. The van der Waals surface area contributed by atoms with E-state index >= 15 is 0 Å².